The Morgan fingerprint density at radius 3 is 2.59 bits per heavy atom. The average Bonchev–Trinajstić information content (AvgIpc) is 2.57. The van der Waals surface area contributed by atoms with Crippen LogP contribution in [-0.4, -0.2) is 37.6 Å². The van der Waals surface area contributed by atoms with E-state index in [1.54, 1.807) is 0 Å². The zero-order chi connectivity index (χ0) is 19.4. The van der Waals surface area contributed by atoms with Crippen molar-refractivity contribution >= 4 is 41.5 Å². The Kier molecular flexibility index (Phi) is 13.7. The molecule has 0 fully saturated rings. The highest BCUT2D eigenvalue weighted by molar-refractivity contribution is 14.0. The predicted octanol–water partition coefficient (Wildman–Crippen LogP) is 4.02. The Morgan fingerprint density at radius 1 is 1.22 bits per heavy atom. The second-order valence-corrected chi connectivity index (χ2v) is 6.83. The van der Waals surface area contributed by atoms with Crippen LogP contribution in [0.15, 0.2) is 29.3 Å². The van der Waals surface area contributed by atoms with Crippen molar-refractivity contribution in [3.8, 4) is 5.75 Å². The first kappa shape index (κ1) is 25.5. The van der Waals surface area contributed by atoms with Gasteiger partial charge in [0.2, 0.25) is 5.91 Å². The Labute approximate surface area is 181 Å². The maximum atomic E-state index is 11.1. The van der Waals surface area contributed by atoms with Gasteiger partial charge >= 0.3 is 0 Å². The van der Waals surface area contributed by atoms with Crippen LogP contribution in [-0.2, 0) is 4.79 Å². The number of halogens is 1. The van der Waals surface area contributed by atoms with Gasteiger partial charge in [-0.25, -0.2) is 4.99 Å². The van der Waals surface area contributed by atoms with Gasteiger partial charge in [-0.05, 0) is 44.7 Å². The summed E-state index contributed by atoms with van der Waals surface area (Å²) in [5.41, 5.74) is 0.729. The van der Waals surface area contributed by atoms with Crippen molar-refractivity contribution in [2.45, 2.75) is 53.5 Å². The van der Waals surface area contributed by atoms with E-state index in [0.717, 1.165) is 30.4 Å². The fraction of sp³-hybridized carbons (Fsp3) is 0.600. The van der Waals surface area contributed by atoms with Gasteiger partial charge in [0, 0.05) is 31.3 Å². The maximum Gasteiger partial charge on any atom is 0.221 e. The van der Waals surface area contributed by atoms with E-state index < -0.39 is 0 Å². The average molecular weight is 490 g/mol. The predicted molar refractivity (Wildman–Crippen MR) is 124 cm³/mol. The molecule has 1 amide bonds. The molecule has 3 N–H and O–H groups in total. The summed E-state index contributed by atoms with van der Waals surface area (Å²) in [5, 5.41) is 9.45. The number of rotatable bonds is 10. The van der Waals surface area contributed by atoms with Crippen molar-refractivity contribution in [2.75, 3.05) is 25.0 Å². The van der Waals surface area contributed by atoms with Gasteiger partial charge in [-0.3, -0.25) is 4.79 Å². The summed E-state index contributed by atoms with van der Waals surface area (Å²) in [4.78, 5) is 15.7. The number of carbonyl (C=O) groups excluding carboxylic acids is 1. The lowest BCUT2D eigenvalue weighted by Gasteiger charge is -2.18. The van der Waals surface area contributed by atoms with E-state index >= 15 is 0 Å². The molecule has 1 rings (SSSR count). The van der Waals surface area contributed by atoms with Crippen molar-refractivity contribution in [3.63, 3.8) is 0 Å². The third-order valence-corrected chi connectivity index (χ3v) is 3.69. The summed E-state index contributed by atoms with van der Waals surface area (Å²) < 4.78 is 5.73. The topological polar surface area (TPSA) is 74.8 Å². The molecule has 0 spiro atoms. The van der Waals surface area contributed by atoms with Gasteiger partial charge in [-0.15, -0.1) is 24.0 Å². The number of anilines is 1. The molecule has 0 saturated heterocycles. The quantitative estimate of drug-likeness (QED) is 0.201. The minimum atomic E-state index is -0.0975. The van der Waals surface area contributed by atoms with Crippen LogP contribution in [0.25, 0.3) is 0 Å². The molecular weight excluding hydrogens is 455 g/mol. The van der Waals surface area contributed by atoms with Gasteiger partial charge in [0.05, 0.1) is 6.54 Å². The van der Waals surface area contributed by atoms with E-state index in [-0.39, 0.29) is 29.9 Å². The highest BCUT2D eigenvalue weighted by atomic mass is 127. The second kappa shape index (κ2) is 14.5. The molecule has 0 bridgehead atoms. The van der Waals surface area contributed by atoms with E-state index in [9.17, 15) is 4.79 Å². The fourth-order valence-electron chi connectivity index (χ4n) is 2.40. The highest BCUT2D eigenvalue weighted by Gasteiger charge is 2.06. The van der Waals surface area contributed by atoms with Crippen LogP contribution in [0.2, 0.25) is 0 Å². The SMILES string of the molecule is CCNC(=NCCOc1cccc(NC(C)=O)c1)NC(C)CCC(C)C.I. The lowest BCUT2D eigenvalue weighted by atomic mass is 10.0. The number of benzene rings is 1. The van der Waals surface area contributed by atoms with Crippen LogP contribution < -0.4 is 20.7 Å². The third kappa shape index (κ3) is 12.5. The number of amides is 1. The van der Waals surface area contributed by atoms with Crippen LogP contribution in [0.3, 0.4) is 0 Å². The smallest absolute Gasteiger partial charge is 0.221 e. The molecule has 0 aliphatic rings. The lowest BCUT2D eigenvalue weighted by Crippen LogP contribution is -2.42. The van der Waals surface area contributed by atoms with E-state index in [1.165, 1.54) is 13.3 Å². The number of nitrogens with one attached hydrogen (secondary N) is 3. The van der Waals surface area contributed by atoms with E-state index in [0.29, 0.717) is 25.1 Å². The number of carbonyl (C=O) groups is 1. The molecule has 0 saturated carbocycles. The molecule has 7 heteroatoms. The minimum Gasteiger partial charge on any atom is -0.492 e. The first-order valence-corrected chi connectivity index (χ1v) is 9.46. The fourth-order valence-corrected chi connectivity index (χ4v) is 2.40. The van der Waals surface area contributed by atoms with Crippen LogP contribution in [0.1, 0.15) is 47.5 Å². The van der Waals surface area contributed by atoms with Crippen molar-refractivity contribution in [1.29, 1.82) is 0 Å². The third-order valence-electron chi connectivity index (χ3n) is 3.69. The molecule has 6 nitrogen and oxygen atoms in total. The molecule has 0 aliphatic carbocycles. The second-order valence-electron chi connectivity index (χ2n) is 6.83. The Morgan fingerprint density at radius 2 is 1.96 bits per heavy atom. The standard InChI is InChI=1S/C20H34N4O2.HI/c1-6-21-20(23-16(4)11-10-15(2)3)22-12-13-26-19-9-7-8-18(14-19)24-17(5)25;/h7-9,14-16H,6,10-13H2,1-5H3,(H,24,25)(H2,21,22,23);1H. The first-order chi connectivity index (χ1) is 12.4. The molecule has 1 unspecified atom stereocenters. The number of nitrogens with zero attached hydrogens (tertiary/aromatic N) is 1. The van der Waals surface area contributed by atoms with Gasteiger partial charge < -0.3 is 20.7 Å². The van der Waals surface area contributed by atoms with Crippen LogP contribution >= 0.6 is 24.0 Å². The minimum absolute atomic E-state index is 0. The molecule has 0 heterocycles. The summed E-state index contributed by atoms with van der Waals surface area (Å²) >= 11 is 0. The summed E-state index contributed by atoms with van der Waals surface area (Å²) in [6, 6.07) is 7.74. The molecule has 1 atom stereocenters. The number of guanidine groups is 1. The van der Waals surface area contributed by atoms with Gasteiger partial charge in [-0.1, -0.05) is 19.9 Å². The monoisotopic (exact) mass is 490 g/mol. The van der Waals surface area contributed by atoms with Gasteiger partial charge in [-0.2, -0.15) is 0 Å². The number of hydrogen-bond donors (Lipinski definition) is 3. The van der Waals surface area contributed by atoms with Crippen LogP contribution in [0.5, 0.6) is 5.75 Å². The number of aliphatic imine (C=N–C) groups is 1. The van der Waals surface area contributed by atoms with Gasteiger partial charge in [0.25, 0.3) is 0 Å². The van der Waals surface area contributed by atoms with Crippen LogP contribution in [0, 0.1) is 5.92 Å². The maximum absolute atomic E-state index is 11.1. The van der Waals surface area contributed by atoms with Crippen molar-refractivity contribution in [2.24, 2.45) is 10.9 Å². The largest absolute Gasteiger partial charge is 0.492 e. The molecule has 0 radical (unpaired) electrons. The normalized spacial score (nSPS) is 12.1. The first-order valence-electron chi connectivity index (χ1n) is 9.46. The van der Waals surface area contributed by atoms with Gasteiger partial charge in [0.15, 0.2) is 5.96 Å². The Hall–Kier alpha value is -1.51. The van der Waals surface area contributed by atoms with E-state index in [2.05, 4.69) is 48.6 Å². The molecule has 0 aliphatic heterocycles. The molecule has 154 valence electrons. The summed E-state index contributed by atoms with van der Waals surface area (Å²) in [5.74, 6) is 2.15. The number of hydrogen-bond acceptors (Lipinski definition) is 3. The summed E-state index contributed by atoms with van der Waals surface area (Å²) in [6.07, 6.45) is 2.32. The van der Waals surface area contributed by atoms with E-state index in [1.807, 2.05) is 24.3 Å². The van der Waals surface area contributed by atoms with Crippen molar-refractivity contribution < 1.29 is 9.53 Å². The van der Waals surface area contributed by atoms with E-state index in [4.69, 9.17) is 4.74 Å². The Balaban J connectivity index is 0.00000676. The van der Waals surface area contributed by atoms with Gasteiger partial charge in [0.1, 0.15) is 12.4 Å². The van der Waals surface area contributed by atoms with Crippen molar-refractivity contribution in [1.82, 2.24) is 10.6 Å². The Bertz CT molecular complexity index is 579. The lowest BCUT2D eigenvalue weighted by molar-refractivity contribution is -0.114. The molecule has 1 aromatic carbocycles. The summed E-state index contributed by atoms with van der Waals surface area (Å²) in [6.45, 7) is 12.0. The zero-order valence-corrected chi connectivity index (χ0v) is 19.5. The highest BCUT2D eigenvalue weighted by Crippen LogP contribution is 2.17. The zero-order valence-electron chi connectivity index (χ0n) is 17.2. The van der Waals surface area contributed by atoms with Crippen molar-refractivity contribution in [3.05, 3.63) is 24.3 Å². The molecule has 1 aromatic rings. The molecular formula is C20H35IN4O2. The molecule has 27 heavy (non-hydrogen) atoms. The molecule has 0 aromatic heterocycles. The van der Waals surface area contributed by atoms with Crippen LogP contribution in [0.4, 0.5) is 5.69 Å². The summed E-state index contributed by atoms with van der Waals surface area (Å²) in [7, 11) is 0. The number of ether oxygens (including phenoxy) is 1.